The first-order valence-electron chi connectivity index (χ1n) is 8.36. The van der Waals surface area contributed by atoms with Gasteiger partial charge in [-0.2, -0.15) is 0 Å². The number of nitrogens with zero attached hydrogens (tertiary/aromatic N) is 2. The average molecular weight is 340 g/mol. The van der Waals surface area contributed by atoms with E-state index >= 15 is 0 Å². The second-order valence-corrected chi connectivity index (χ2v) is 5.79. The summed E-state index contributed by atoms with van der Waals surface area (Å²) in [6.45, 7) is 2.73. The maximum Gasteiger partial charge on any atom is 0.270 e. The van der Waals surface area contributed by atoms with Gasteiger partial charge in [-0.05, 0) is 36.3 Å². The third kappa shape index (κ3) is 4.83. The van der Waals surface area contributed by atoms with E-state index in [1.807, 2.05) is 24.3 Å². The number of hydrogen-bond donors (Lipinski definition) is 0. The van der Waals surface area contributed by atoms with Crippen LogP contribution in [0.4, 0.5) is 0 Å². The summed E-state index contributed by atoms with van der Waals surface area (Å²) in [6.07, 6.45) is 5.26. The van der Waals surface area contributed by atoms with Gasteiger partial charge in [-0.25, -0.2) is 0 Å². The van der Waals surface area contributed by atoms with Gasteiger partial charge in [0.1, 0.15) is 11.4 Å². The molecule has 0 fully saturated rings. The van der Waals surface area contributed by atoms with Gasteiger partial charge in [-0.15, -0.1) is 0 Å². The molecule has 1 aromatic carbocycles. The highest BCUT2D eigenvalue weighted by atomic mass is 16.5. The van der Waals surface area contributed by atoms with Gasteiger partial charge >= 0.3 is 0 Å². The number of rotatable bonds is 7. The standard InChI is InChI=1S/C20H24N2O3/c1-4-5-13-21(2)20(24)18(22-14-7-6-8-19(22)23)15-16-9-11-17(25-3)12-10-16/h6-12,14-15H,4-5,13H2,1-3H3. The molecule has 1 amide bonds. The van der Waals surface area contributed by atoms with Crippen molar-refractivity contribution in [2.45, 2.75) is 19.8 Å². The fourth-order valence-corrected chi connectivity index (χ4v) is 2.41. The Bertz CT molecular complexity index is 791. The molecule has 0 aliphatic carbocycles. The van der Waals surface area contributed by atoms with Crippen LogP contribution in [0.1, 0.15) is 25.3 Å². The fraction of sp³-hybridized carbons (Fsp3) is 0.300. The van der Waals surface area contributed by atoms with Gasteiger partial charge in [0.25, 0.3) is 11.5 Å². The molecule has 0 bridgehead atoms. The molecule has 0 radical (unpaired) electrons. The molecule has 5 heteroatoms. The number of methoxy groups -OCH3 is 1. The molecule has 0 saturated heterocycles. The van der Waals surface area contributed by atoms with Crippen molar-refractivity contribution in [3.8, 4) is 5.75 Å². The number of carbonyl (C=O) groups excluding carboxylic acids is 1. The summed E-state index contributed by atoms with van der Waals surface area (Å²) >= 11 is 0. The van der Waals surface area contributed by atoms with E-state index in [9.17, 15) is 9.59 Å². The van der Waals surface area contributed by atoms with Crippen molar-refractivity contribution in [1.82, 2.24) is 9.47 Å². The molecule has 132 valence electrons. The molecular weight excluding hydrogens is 316 g/mol. The molecule has 0 atom stereocenters. The third-order valence-electron chi connectivity index (χ3n) is 3.91. The minimum atomic E-state index is -0.237. The summed E-state index contributed by atoms with van der Waals surface area (Å²) in [4.78, 5) is 26.8. The van der Waals surface area contributed by atoms with E-state index in [4.69, 9.17) is 4.74 Å². The van der Waals surface area contributed by atoms with Gasteiger partial charge in [0.2, 0.25) is 0 Å². The average Bonchev–Trinajstić information content (AvgIpc) is 2.64. The van der Waals surface area contributed by atoms with Gasteiger partial charge in [-0.3, -0.25) is 14.2 Å². The molecule has 0 saturated carbocycles. The van der Waals surface area contributed by atoms with Crippen LogP contribution in [0.2, 0.25) is 0 Å². The van der Waals surface area contributed by atoms with Crippen LogP contribution in [0.15, 0.2) is 53.5 Å². The molecule has 2 aromatic rings. The highest BCUT2D eigenvalue weighted by Gasteiger charge is 2.17. The van der Waals surface area contributed by atoms with Crippen LogP contribution in [0.25, 0.3) is 11.8 Å². The Morgan fingerprint density at radius 3 is 2.52 bits per heavy atom. The predicted octanol–water partition coefficient (Wildman–Crippen LogP) is 3.11. The van der Waals surface area contributed by atoms with E-state index in [1.165, 1.54) is 10.6 Å². The number of unbranched alkanes of at least 4 members (excludes halogenated alkanes) is 1. The lowest BCUT2D eigenvalue weighted by atomic mass is 10.1. The number of aromatic nitrogens is 1. The minimum absolute atomic E-state index is 0.183. The van der Waals surface area contributed by atoms with Crippen molar-refractivity contribution < 1.29 is 9.53 Å². The molecule has 0 spiro atoms. The van der Waals surface area contributed by atoms with E-state index in [1.54, 1.807) is 43.5 Å². The monoisotopic (exact) mass is 340 g/mol. The first-order valence-corrected chi connectivity index (χ1v) is 8.36. The van der Waals surface area contributed by atoms with Crippen molar-refractivity contribution in [3.05, 3.63) is 64.6 Å². The van der Waals surface area contributed by atoms with Crippen LogP contribution in [0.3, 0.4) is 0 Å². The normalized spacial score (nSPS) is 11.2. The number of hydrogen-bond acceptors (Lipinski definition) is 3. The minimum Gasteiger partial charge on any atom is -0.497 e. The van der Waals surface area contributed by atoms with E-state index in [2.05, 4.69) is 6.92 Å². The van der Waals surface area contributed by atoms with Crippen molar-refractivity contribution in [3.63, 3.8) is 0 Å². The predicted molar refractivity (Wildman–Crippen MR) is 100 cm³/mol. The van der Waals surface area contributed by atoms with E-state index in [0.29, 0.717) is 12.2 Å². The van der Waals surface area contributed by atoms with Gasteiger partial charge < -0.3 is 9.64 Å². The smallest absolute Gasteiger partial charge is 0.270 e. The quantitative estimate of drug-likeness (QED) is 0.728. The Kier molecular flexibility index (Phi) is 6.57. The summed E-state index contributed by atoms with van der Waals surface area (Å²) in [7, 11) is 3.36. The molecular formula is C20H24N2O3. The highest BCUT2D eigenvalue weighted by molar-refractivity contribution is 6.18. The van der Waals surface area contributed by atoms with Crippen LogP contribution < -0.4 is 10.3 Å². The van der Waals surface area contributed by atoms with Crippen LogP contribution in [-0.2, 0) is 4.79 Å². The second-order valence-electron chi connectivity index (χ2n) is 5.79. The van der Waals surface area contributed by atoms with Crippen molar-refractivity contribution in [1.29, 1.82) is 0 Å². The lowest BCUT2D eigenvalue weighted by Crippen LogP contribution is -2.33. The molecule has 0 aliphatic heterocycles. The number of ether oxygens (including phenoxy) is 1. The molecule has 1 heterocycles. The van der Waals surface area contributed by atoms with Crippen LogP contribution in [-0.4, -0.2) is 36.1 Å². The molecule has 25 heavy (non-hydrogen) atoms. The maximum atomic E-state index is 12.9. The summed E-state index contributed by atoms with van der Waals surface area (Å²) in [5.74, 6) is 0.555. The van der Waals surface area contributed by atoms with Gasteiger partial charge in [0.05, 0.1) is 7.11 Å². The Balaban J connectivity index is 2.44. The second kappa shape index (κ2) is 8.87. The number of likely N-dealkylation sites (N-methyl/N-ethyl adjacent to an activating group) is 1. The largest absolute Gasteiger partial charge is 0.497 e. The molecule has 2 rings (SSSR count). The Hall–Kier alpha value is -2.82. The zero-order valence-corrected chi connectivity index (χ0v) is 14.9. The van der Waals surface area contributed by atoms with E-state index in [-0.39, 0.29) is 11.5 Å². The number of carbonyl (C=O) groups is 1. The van der Waals surface area contributed by atoms with Crippen molar-refractivity contribution in [2.24, 2.45) is 0 Å². The van der Waals surface area contributed by atoms with Gasteiger partial charge in [0, 0.05) is 25.9 Å². The van der Waals surface area contributed by atoms with Gasteiger partial charge in [-0.1, -0.05) is 31.5 Å². The first-order chi connectivity index (χ1) is 12.1. The number of benzene rings is 1. The van der Waals surface area contributed by atoms with Crippen LogP contribution >= 0.6 is 0 Å². The van der Waals surface area contributed by atoms with Crippen LogP contribution in [0.5, 0.6) is 5.75 Å². The molecule has 0 unspecified atom stereocenters. The fourth-order valence-electron chi connectivity index (χ4n) is 2.41. The third-order valence-corrected chi connectivity index (χ3v) is 3.91. The van der Waals surface area contributed by atoms with Crippen molar-refractivity contribution >= 4 is 17.7 Å². The summed E-state index contributed by atoms with van der Waals surface area (Å²) in [5, 5.41) is 0. The highest BCUT2D eigenvalue weighted by Crippen LogP contribution is 2.17. The molecule has 0 aliphatic rings. The van der Waals surface area contributed by atoms with E-state index < -0.39 is 0 Å². The van der Waals surface area contributed by atoms with Crippen molar-refractivity contribution in [2.75, 3.05) is 20.7 Å². The lowest BCUT2D eigenvalue weighted by Gasteiger charge is -2.20. The topological polar surface area (TPSA) is 51.5 Å². The summed E-state index contributed by atoms with van der Waals surface area (Å²) in [5.41, 5.74) is 0.915. The lowest BCUT2D eigenvalue weighted by molar-refractivity contribution is -0.124. The number of pyridine rings is 1. The summed E-state index contributed by atoms with van der Waals surface area (Å²) in [6, 6.07) is 12.2. The van der Waals surface area contributed by atoms with Gasteiger partial charge in [0.15, 0.2) is 0 Å². The maximum absolute atomic E-state index is 12.9. The Morgan fingerprint density at radius 2 is 1.92 bits per heavy atom. The zero-order chi connectivity index (χ0) is 18.2. The zero-order valence-electron chi connectivity index (χ0n) is 14.9. The van der Waals surface area contributed by atoms with E-state index in [0.717, 1.165) is 24.2 Å². The molecule has 1 aromatic heterocycles. The summed E-state index contributed by atoms with van der Waals surface area (Å²) < 4.78 is 6.54. The Morgan fingerprint density at radius 1 is 1.20 bits per heavy atom. The van der Waals surface area contributed by atoms with Crippen LogP contribution in [0, 0.1) is 0 Å². The first kappa shape index (κ1) is 18.5. The molecule has 5 nitrogen and oxygen atoms in total. The SMILES string of the molecule is CCCCN(C)C(=O)C(=Cc1ccc(OC)cc1)n1ccccc1=O. The Labute approximate surface area is 148 Å². The molecule has 0 N–H and O–H groups in total. The number of amides is 1.